The molecule has 0 aliphatic heterocycles. The Hall–Kier alpha value is -2.70. The van der Waals surface area contributed by atoms with Crippen LogP contribution in [0.5, 0.6) is 0 Å². The maximum absolute atomic E-state index is 11.7. The number of carboxylic acid groups (broad SMARTS) is 1. The third kappa shape index (κ3) is 2.95. The van der Waals surface area contributed by atoms with Gasteiger partial charge in [-0.25, -0.2) is 0 Å². The molecule has 1 heterocycles. The van der Waals surface area contributed by atoms with Gasteiger partial charge in [0.05, 0.1) is 11.9 Å². The first-order valence-electron chi connectivity index (χ1n) is 5.59. The van der Waals surface area contributed by atoms with Crippen molar-refractivity contribution in [2.45, 2.75) is 13.0 Å². The Morgan fingerprint density at radius 1 is 1.32 bits per heavy atom. The second kappa shape index (κ2) is 5.30. The summed E-state index contributed by atoms with van der Waals surface area (Å²) in [5.41, 5.74) is 0.782. The predicted octanol–water partition coefficient (Wildman–Crippen LogP) is 0.470. The second-order valence-electron chi connectivity index (χ2n) is 3.89. The van der Waals surface area contributed by atoms with Gasteiger partial charge in [0.15, 0.2) is 5.69 Å². The Kier molecular flexibility index (Phi) is 3.56. The Morgan fingerprint density at radius 2 is 2.00 bits per heavy atom. The van der Waals surface area contributed by atoms with Crippen LogP contribution in [-0.2, 0) is 4.79 Å². The molecule has 2 aromatic rings. The average molecular weight is 260 g/mol. The fraction of sp³-hybridized carbons (Fsp3) is 0.167. The molecule has 0 aliphatic carbocycles. The molecule has 19 heavy (non-hydrogen) atoms. The van der Waals surface area contributed by atoms with E-state index < -0.39 is 17.9 Å². The highest BCUT2D eigenvalue weighted by Gasteiger charge is 2.17. The summed E-state index contributed by atoms with van der Waals surface area (Å²) in [6.45, 7) is 1.38. The van der Waals surface area contributed by atoms with Gasteiger partial charge in [-0.05, 0) is 19.1 Å². The van der Waals surface area contributed by atoms with Gasteiger partial charge in [-0.1, -0.05) is 18.2 Å². The molecule has 0 fully saturated rings. The number of hydrogen-bond donors (Lipinski definition) is 2. The van der Waals surface area contributed by atoms with Crippen LogP contribution < -0.4 is 5.32 Å². The van der Waals surface area contributed by atoms with E-state index in [0.717, 1.165) is 0 Å². The molecule has 1 amide bonds. The number of carbonyl (C=O) groups excluding carboxylic acids is 1. The second-order valence-corrected chi connectivity index (χ2v) is 3.89. The lowest BCUT2D eigenvalue weighted by Gasteiger charge is -2.06. The van der Waals surface area contributed by atoms with Crippen LogP contribution in [0.15, 0.2) is 36.5 Å². The number of amides is 1. The number of carboxylic acids is 1. The SMILES string of the molecule is C[C@@H](NC(=O)c1cnn(-c2ccccc2)n1)C(=O)O. The van der Waals surface area contributed by atoms with Crippen LogP contribution in [0.2, 0.25) is 0 Å². The summed E-state index contributed by atoms with van der Waals surface area (Å²) in [5, 5.41) is 19.0. The number of aliphatic carboxylic acids is 1. The molecule has 0 bridgehead atoms. The zero-order chi connectivity index (χ0) is 13.8. The number of nitrogens with one attached hydrogen (secondary N) is 1. The van der Waals surface area contributed by atoms with Gasteiger partial charge in [0.2, 0.25) is 0 Å². The highest BCUT2D eigenvalue weighted by atomic mass is 16.4. The van der Waals surface area contributed by atoms with Crippen LogP contribution in [-0.4, -0.2) is 38.0 Å². The highest BCUT2D eigenvalue weighted by Crippen LogP contribution is 2.04. The van der Waals surface area contributed by atoms with E-state index >= 15 is 0 Å². The van der Waals surface area contributed by atoms with Gasteiger partial charge < -0.3 is 10.4 Å². The van der Waals surface area contributed by atoms with Crippen LogP contribution in [0.1, 0.15) is 17.4 Å². The van der Waals surface area contributed by atoms with Crippen molar-refractivity contribution in [3.63, 3.8) is 0 Å². The van der Waals surface area contributed by atoms with Crippen LogP contribution in [0, 0.1) is 0 Å². The number of para-hydroxylation sites is 1. The first kappa shape index (κ1) is 12.7. The van der Waals surface area contributed by atoms with Gasteiger partial charge in [-0.2, -0.15) is 9.90 Å². The molecule has 2 rings (SSSR count). The van der Waals surface area contributed by atoms with Crippen molar-refractivity contribution in [3.05, 3.63) is 42.2 Å². The summed E-state index contributed by atoms with van der Waals surface area (Å²) in [7, 11) is 0. The largest absolute Gasteiger partial charge is 0.480 e. The highest BCUT2D eigenvalue weighted by molar-refractivity contribution is 5.94. The van der Waals surface area contributed by atoms with Crippen LogP contribution in [0.4, 0.5) is 0 Å². The summed E-state index contributed by atoms with van der Waals surface area (Å²) in [6, 6.07) is 8.11. The maximum atomic E-state index is 11.7. The van der Waals surface area contributed by atoms with Crippen LogP contribution in [0.3, 0.4) is 0 Å². The summed E-state index contributed by atoms with van der Waals surface area (Å²) in [6.07, 6.45) is 1.29. The molecule has 1 aromatic heterocycles. The molecule has 1 atom stereocenters. The first-order valence-corrected chi connectivity index (χ1v) is 5.59. The zero-order valence-electron chi connectivity index (χ0n) is 10.1. The van der Waals surface area contributed by atoms with Gasteiger partial charge in [0.25, 0.3) is 5.91 Å². The number of hydrogen-bond acceptors (Lipinski definition) is 4. The van der Waals surface area contributed by atoms with Crippen molar-refractivity contribution in [2.24, 2.45) is 0 Å². The quantitative estimate of drug-likeness (QED) is 0.832. The summed E-state index contributed by atoms with van der Waals surface area (Å²) < 4.78 is 0. The number of aromatic nitrogens is 3. The van der Waals surface area contributed by atoms with Crippen LogP contribution in [0.25, 0.3) is 5.69 Å². The van der Waals surface area contributed by atoms with E-state index in [-0.39, 0.29) is 5.69 Å². The summed E-state index contributed by atoms with van der Waals surface area (Å²) >= 11 is 0. The molecule has 0 unspecified atom stereocenters. The van der Waals surface area contributed by atoms with Gasteiger partial charge in [0, 0.05) is 0 Å². The molecule has 1 aromatic carbocycles. The third-order valence-corrected chi connectivity index (χ3v) is 2.43. The number of rotatable bonds is 4. The molecular weight excluding hydrogens is 248 g/mol. The smallest absolute Gasteiger partial charge is 0.325 e. The van der Waals surface area contributed by atoms with Crippen molar-refractivity contribution >= 4 is 11.9 Å². The van der Waals surface area contributed by atoms with E-state index in [9.17, 15) is 9.59 Å². The Balaban J connectivity index is 2.13. The van der Waals surface area contributed by atoms with E-state index in [2.05, 4.69) is 15.5 Å². The van der Waals surface area contributed by atoms with E-state index in [1.54, 1.807) is 12.1 Å². The zero-order valence-corrected chi connectivity index (χ0v) is 10.1. The van der Waals surface area contributed by atoms with E-state index in [1.807, 2.05) is 18.2 Å². The van der Waals surface area contributed by atoms with Crippen molar-refractivity contribution in [1.29, 1.82) is 0 Å². The lowest BCUT2D eigenvalue weighted by molar-refractivity contribution is -0.138. The predicted molar refractivity (Wildman–Crippen MR) is 65.9 cm³/mol. The molecule has 0 saturated heterocycles. The minimum atomic E-state index is -1.11. The molecule has 7 nitrogen and oxygen atoms in total. The summed E-state index contributed by atoms with van der Waals surface area (Å²) in [5.74, 6) is -1.68. The van der Waals surface area contributed by atoms with Gasteiger partial charge in [-0.3, -0.25) is 9.59 Å². The fourth-order valence-corrected chi connectivity index (χ4v) is 1.39. The van der Waals surface area contributed by atoms with E-state index in [1.165, 1.54) is 17.9 Å². The molecule has 0 radical (unpaired) electrons. The molecule has 7 heteroatoms. The molecule has 0 saturated carbocycles. The van der Waals surface area contributed by atoms with Crippen molar-refractivity contribution in [1.82, 2.24) is 20.3 Å². The first-order chi connectivity index (χ1) is 9.08. The average Bonchev–Trinajstić information content (AvgIpc) is 2.89. The monoisotopic (exact) mass is 260 g/mol. The molecule has 2 N–H and O–H groups in total. The topological polar surface area (TPSA) is 97.1 Å². The lowest BCUT2D eigenvalue weighted by atomic mass is 10.3. The number of nitrogens with zero attached hydrogens (tertiary/aromatic N) is 3. The standard InChI is InChI=1S/C12H12N4O3/c1-8(12(18)19)14-11(17)10-7-13-16(15-10)9-5-3-2-4-6-9/h2-8H,1H3,(H,14,17)(H,18,19)/t8-/m1/s1. The van der Waals surface area contributed by atoms with Crippen molar-refractivity contribution < 1.29 is 14.7 Å². The van der Waals surface area contributed by atoms with E-state index in [4.69, 9.17) is 5.11 Å². The van der Waals surface area contributed by atoms with E-state index in [0.29, 0.717) is 5.69 Å². The Labute approximate surface area is 108 Å². The fourth-order valence-electron chi connectivity index (χ4n) is 1.39. The Bertz CT molecular complexity index is 594. The third-order valence-electron chi connectivity index (χ3n) is 2.43. The van der Waals surface area contributed by atoms with Crippen molar-refractivity contribution in [3.8, 4) is 5.69 Å². The van der Waals surface area contributed by atoms with Gasteiger partial charge >= 0.3 is 5.97 Å². The normalized spacial score (nSPS) is 11.8. The molecule has 0 aliphatic rings. The van der Waals surface area contributed by atoms with Gasteiger partial charge in [-0.15, -0.1) is 5.10 Å². The van der Waals surface area contributed by atoms with Gasteiger partial charge in [0.1, 0.15) is 6.04 Å². The Morgan fingerprint density at radius 3 is 2.63 bits per heavy atom. The number of carbonyl (C=O) groups is 2. The molecular formula is C12H12N4O3. The number of benzene rings is 1. The maximum Gasteiger partial charge on any atom is 0.325 e. The summed E-state index contributed by atoms with van der Waals surface area (Å²) in [4.78, 5) is 23.7. The lowest BCUT2D eigenvalue weighted by Crippen LogP contribution is -2.38. The minimum absolute atomic E-state index is 0.0666. The van der Waals surface area contributed by atoms with Crippen LogP contribution >= 0.6 is 0 Å². The van der Waals surface area contributed by atoms with Crippen molar-refractivity contribution in [2.75, 3.05) is 0 Å². The molecule has 0 spiro atoms. The molecule has 98 valence electrons. The minimum Gasteiger partial charge on any atom is -0.480 e.